The van der Waals surface area contributed by atoms with Crippen LogP contribution in [0.4, 0.5) is 0 Å². The van der Waals surface area contributed by atoms with E-state index in [0.717, 1.165) is 0 Å². The van der Waals surface area contributed by atoms with E-state index in [9.17, 15) is 0 Å². The van der Waals surface area contributed by atoms with Crippen LogP contribution in [-0.2, 0) is 37.9 Å². The van der Waals surface area contributed by atoms with Crippen LogP contribution < -0.4 is 0 Å². The number of aryl methyl sites for hydroxylation is 14. The topological polar surface area (TPSA) is 0 Å². The van der Waals surface area contributed by atoms with Gasteiger partial charge in [0.25, 0.3) is 0 Å². The van der Waals surface area contributed by atoms with Gasteiger partial charge in [-0.3, -0.25) is 0 Å². The van der Waals surface area contributed by atoms with Crippen molar-refractivity contribution in [3.05, 3.63) is 411 Å². The fourth-order valence-electron chi connectivity index (χ4n) is 22.5. The van der Waals surface area contributed by atoms with E-state index < -0.39 is 0 Å². The van der Waals surface area contributed by atoms with E-state index in [1.807, 2.05) is 0 Å². The summed E-state index contributed by atoms with van der Waals surface area (Å²) in [5.74, 6) is 0. The molecule has 0 spiro atoms. The van der Waals surface area contributed by atoms with E-state index in [-0.39, 0.29) is 37.9 Å². The molecule has 0 bridgehead atoms. The van der Waals surface area contributed by atoms with Crippen LogP contribution in [0.5, 0.6) is 0 Å². The Morgan fingerprint density at radius 2 is 0.345 bits per heavy atom. The molecule has 14 aromatic carbocycles. The number of fused-ring (bicyclic) bond motifs is 21. The molecule has 0 heteroatoms. The molecule has 0 saturated carbocycles. The molecule has 0 aromatic heterocycles. The van der Waals surface area contributed by atoms with Gasteiger partial charge in [0.05, 0.1) is 0 Å². The minimum absolute atomic E-state index is 0.140. The van der Waals surface area contributed by atoms with Gasteiger partial charge in [0.15, 0.2) is 0 Å². The summed E-state index contributed by atoms with van der Waals surface area (Å²) >= 11 is 0. The lowest BCUT2D eigenvalue weighted by atomic mass is 9.79. The molecule has 0 atom stereocenters. The monoisotopic (exact) mass is 1550 g/mol. The second kappa shape index (κ2) is 30.4. The summed E-state index contributed by atoms with van der Waals surface area (Å²) in [5.41, 5.74) is 60.9. The standard InChI is InChI=1S/7C17H18/c1-11-7-6-10-14-15(11)13-9-5-8-12(2)16(13)17(14,3)4;1-11-6-8-15-14(9-11)13-7-5-12(2)10-16(13)17(15,3)4;1-11-5-7-13-14-8-6-12(2)10-16(14)17(3,4)15(13)9-11;1-11-7-5-9-13-14-10-6-8-12(2)16(14)17(3,4)15(11)13;1-11-8-9-13-15(10-11)17(3,4)14-7-5-6-12(2)16(13)14;1-11-8-9-13-14-7-5-6-12(2)16(14)17(3,4)15(13)10-11;1-11-8-9-15-14(10-11)13-7-5-6-12(2)16(13)17(15,3)4/h7*5-10H,1-4H3. The van der Waals surface area contributed by atoms with E-state index >= 15 is 0 Å². The molecule has 0 N–H and O–H groups in total. The zero-order valence-electron chi connectivity index (χ0n) is 76.7. The maximum Gasteiger partial charge on any atom is 0.0164 e. The molecule has 0 fully saturated rings. The first-order valence-electron chi connectivity index (χ1n) is 43.6. The zero-order chi connectivity index (χ0) is 85.4. The second-order valence-electron chi connectivity index (χ2n) is 39.7. The van der Waals surface area contributed by atoms with Gasteiger partial charge in [-0.25, -0.2) is 0 Å². The van der Waals surface area contributed by atoms with E-state index in [0.29, 0.717) is 0 Å². The fourth-order valence-corrected chi connectivity index (χ4v) is 22.5. The fraction of sp³-hybridized carbons (Fsp3) is 0.294. The van der Waals surface area contributed by atoms with E-state index in [4.69, 9.17) is 0 Å². The minimum atomic E-state index is 0.140. The van der Waals surface area contributed by atoms with Crippen LogP contribution in [0.2, 0.25) is 0 Å². The maximum atomic E-state index is 2.34. The molecule has 602 valence electrons. The molecule has 0 saturated heterocycles. The number of rotatable bonds is 0. The van der Waals surface area contributed by atoms with Gasteiger partial charge in [-0.2, -0.15) is 0 Å². The Balaban J connectivity index is 0.000000108. The average molecular weight is 1560 g/mol. The van der Waals surface area contributed by atoms with Crippen molar-refractivity contribution in [1.29, 1.82) is 0 Å². The smallest absolute Gasteiger partial charge is 0.0164 e. The highest BCUT2D eigenvalue weighted by molar-refractivity contribution is 5.89. The van der Waals surface area contributed by atoms with Crippen molar-refractivity contribution in [3.8, 4) is 77.9 Å². The van der Waals surface area contributed by atoms with Crippen LogP contribution in [0.25, 0.3) is 77.9 Å². The third-order valence-corrected chi connectivity index (χ3v) is 28.3. The van der Waals surface area contributed by atoms with Crippen LogP contribution >= 0.6 is 0 Å². The van der Waals surface area contributed by atoms with Crippen molar-refractivity contribution in [2.24, 2.45) is 0 Å². The summed E-state index contributed by atoms with van der Waals surface area (Å²) in [7, 11) is 0. The van der Waals surface area contributed by atoms with Gasteiger partial charge in [0.2, 0.25) is 0 Å². The molecule has 0 radical (unpaired) electrons. The third kappa shape index (κ3) is 14.1. The van der Waals surface area contributed by atoms with Gasteiger partial charge in [-0.15, -0.1) is 0 Å². The van der Waals surface area contributed by atoms with Gasteiger partial charge in [0.1, 0.15) is 0 Å². The zero-order valence-corrected chi connectivity index (χ0v) is 76.7. The Bertz CT molecular complexity index is 6260. The van der Waals surface area contributed by atoms with Gasteiger partial charge in [-0.05, 0) is 292 Å². The van der Waals surface area contributed by atoms with Crippen LogP contribution in [0.15, 0.2) is 255 Å². The first-order valence-corrected chi connectivity index (χ1v) is 43.6. The minimum Gasteiger partial charge on any atom is -0.0617 e. The lowest BCUT2D eigenvalue weighted by Gasteiger charge is -2.24. The molecule has 0 aliphatic heterocycles. The molecular formula is C119H126. The Kier molecular flexibility index (Phi) is 21.2. The summed E-state index contributed by atoms with van der Waals surface area (Å²) < 4.78 is 0. The number of hydrogen-bond donors (Lipinski definition) is 0. The van der Waals surface area contributed by atoms with Crippen LogP contribution in [0, 0.1) is 96.9 Å². The van der Waals surface area contributed by atoms with Crippen molar-refractivity contribution in [2.75, 3.05) is 0 Å². The predicted octanol–water partition coefficient (Wildman–Crippen LogP) is 32.3. The van der Waals surface area contributed by atoms with Crippen LogP contribution in [0.1, 0.15) is 253 Å². The lowest BCUT2D eigenvalue weighted by molar-refractivity contribution is 0.651. The van der Waals surface area contributed by atoms with E-state index in [2.05, 4.69) is 449 Å². The molecule has 0 heterocycles. The molecule has 0 nitrogen and oxygen atoms in total. The normalized spacial score (nSPS) is 15.5. The van der Waals surface area contributed by atoms with Crippen molar-refractivity contribution in [1.82, 2.24) is 0 Å². The third-order valence-electron chi connectivity index (χ3n) is 28.3. The second-order valence-corrected chi connectivity index (χ2v) is 39.7. The summed E-state index contributed by atoms with van der Waals surface area (Å²) in [6, 6.07) is 94.4. The van der Waals surface area contributed by atoms with Gasteiger partial charge in [0, 0.05) is 37.9 Å². The van der Waals surface area contributed by atoms with Gasteiger partial charge >= 0.3 is 0 Å². The summed E-state index contributed by atoms with van der Waals surface area (Å²) in [6.45, 7) is 63.4. The summed E-state index contributed by atoms with van der Waals surface area (Å²) in [6.07, 6.45) is 0. The Morgan fingerprint density at radius 1 is 0.134 bits per heavy atom. The SMILES string of the molecule is Cc1ccc2c(c1)-c1ccc(C)cc1C2(C)C.Cc1ccc2c(c1)-c1cccc(C)c1C2(C)C.Cc1ccc2c(c1)C(C)(C)c1c(C)cccc1-2.Cc1ccc2c(c1)C(C)(C)c1cc(C)ccc1-2.Cc1ccc2c(c1)C(C)(C)c1cccc(C)c1-2.Cc1cccc2c1-c1cccc(C)c1C2(C)C.Cc1cccc2c1C(C)(C)c1c(C)cccc1-2. The molecule has 14 aromatic rings. The van der Waals surface area contributed by atoms with Crippen LogP contribution in [-0.4, -0.2) is 0 Å². The Hall–Kier alpha value is -10.9. The van der Waals surface area contributed by atoms with Gasteiger partial charge < -0.3 is 0 Å². The molecule has 21 rings (SSSR count). The Labute approximate surface area is 715 Å². The predicted molar refractivity (Wildman–Crippen MR) is 514 cm³/mol. The van der Waals surface area contributed by atoms with E-state index in [1.54, 1.807) is 0 Å². The maximum absolute atomic E-state index is 2.34. The van der Waals surface area contributed by atoms with Crippen molar-refractivity contribution in [2.45, 2.75) is 232 Å². The molecule has 7 aliphatic carbocycles. The molecule has 0 amide bonds. The Morgan fingerprint density at radius 3 is 0.739 bits per heavy atom. The highest BCUT2D eigenvalue weighted by atomic mass is 14.5. The largest absolute Gasteiger partial charge is 0.0617 e. The lowest BCUT2D eigenvalue weighted by Crippen LogP contribution is -2.17. The number of benzene rings is 14. The van der Waals surface area contributed by atoms with Crippen molar-refractivity contribution >= 4 is 0 Å². The molecule has 0 unspecified atom stereocenters. The molecular weight excluding hydrogens is 1430 g/mol. The first-order chi connectivity index (χ1) is 56.1. The summed E-state index contributed by atoms with van der Waals surface area (Å²) in [5, 5.41) is 0. The summed E-state index contributed by atoms with van der Waals surface area (Å²) in [4.78, 5) is 0. The molecule has 7 aliphatic rings. The molecule has 119 heavy (non-hydrogen) atoms. The van der Waals surface area contributed by atoms with Crippen molar-refractivity contribution < 1.29 is 0 Å². The average Bonchev–Trinajstić information content (AvgIpc) is 1.67. The highest BCUT2D eigenvalue weighted by Crippen LogP contribution is 2.57. The first kappa shape index (κ1) is 83.2. The highest BCUT2D eigenvalue weighted by Gasteiger charge is 2.43. The number of hydrogen-bond acceptors (Lipinski definition) is 0. The van der Waals surface area contributed by atoms with Crippen molar-refractivity contribution in [3.63, 3.8) is 0 Å². The van der Waals surface area contributed by atoms with Crippen LogP contribution in [0.3, 0.4) is 0 Å². The van der Waals surface area contributed by atoms with Gasteiger partial charge in [-0.1, -0.05) is 391 Å². The quantitative estimate of drug-likeness (QED) is 0.142. The van der Waals surface area contributed by atoms with E-state index in [1.165, 1.54) is 234 Å².